The Hall–Kier alpha value is -0.920. The summed E-state index contributed by atoms with van der Waals surface area (Å²) >= 11 is 7.43. The lowest BCUT2D eigenvalue weighted by Crippen LogP contribution is -2.17. The van der Waals surface area contributed by atoms with E-state index in [1.807, 2.05) is 13.0 Å². The van der Waals surface area contributed by atoms with Crippen LogP contribution in [0.2, 0.25) is 5.15 Å². The normalized spacial score (nSPS) is 12.3. The Morgan fingerprint density at radius 2 is 2.11 bits per heavy atom. The van der Waals surface area contributed by atoms with E-state index >= 15 is 0 Å². The Morgan fingerprint density at radius 1 is 1.37 bits per heavy atom. The maximum atomic E-state index is 11.9. The van der Waals surface area contributed by atoms with Crippen LogP contribution in [0, 0.1) is 0 Å². The number of halogens is 4. The third-order valence-electron chi connectivity index (χ3n) is 2.29. The second kappa shape index (κ2) is 5.60. The molecule has 2 aromatic rings. The molecule has 0 saturated heterocycles. The number of thiophene rings is 1. The molecule has 104 valence electrons. The highest BCUT2D eigenvalue weighted by Gasteiger charge is 2.27. The molecule has 0 aliphatic rings. The van der Waals surface area contributed by atoms with Gasteiger partial charge in [0, 0.05) is 10.3 Å². The third kappa shape index (κ3) is 3.77. The highest BCUT2D eigenvalue weighted by atomic mass is 35.5. The van der Waals surface area contributed by atoms with Crippen LogP contribution in [0.15, 0.2) is 6.07 Å². The van der Waals surface area contributed by atoms with Gasteiger partial charge < -0.3 is 4.74 Å². The number of hydrogen-bond acceptors (Lipinski definition) is 4. The van der Waals surface area contributed by atoms with Crippen molar-refractivity contribution >= 4 is 33.2 Å². The van der Waals surface area contributed by atoms with E-state index < -0.39 is 12.8 Å². The summed E-state index contributed by atoms with van der Waals surface area (Å²) in [7, 11) is 0. The van der Waals surface area contributed by atoms with Crippen molar-refractivity contribution in [3.8, 4) is 0 Å². The molecule has 2 aromatic heterocycles. The molecule has 0 aromatic carbocycles. The lowest BCUT2D eigenvalue weighted by Gasteiger charge is -2.06. The highest BCUT2D eigenvalue weighted by molar-refractivity contribution is 7.18. The molecule has 0 aliphatic carbocycles. The van der Waals surface area contributed by atoms with Gasteiger partial charge in [-0.1, -0.05) is 18.5 Å². The second-order valence-corrected chi connectivity index (χ2v) is 5.30. The molecular formula is C11H10ClF3N2OS. The maximum absolute atomic E-state index is 11.9. The molecule has 3 nitrogen and oxygen atoms in total. The molecule has 19 heavy (non-hydrogen) atoms. The summed E-state index contributed by atoms with van der Waals surface area (Å²) < 4.78 is 40.4. The van der Waals surface area contributed by atoms with E-state index in [9.17, 15) is 13.2 Å². The maximum Gasteiger partial charge on any atom is 0.411 e. The average molecular weight is 311 g/mol. The fourth-order valence-corrected chi connectivity index (χ4v) is 2.76. The molecule has 0 bridgehead atoms. The number of aromatic nitrogens is 2. The van der Waals surface area contributed by atoms with Gasteiger partial charge in [-0.3, -0.25) is 0 Å². The molecule has 2 rings (SSSR count). The first kappa shape index (κ1) is 14.5. The fourth-order valence-electron chi connectivity index (χ4n) is 1.47. The Labute approximate surface area is 116 Å². The number of alkyl halides is 3. The van der Waals surface area contributed by atoms with Crippen LogP contribution in [0.3, 0.4) is 0 Å². The first-order valence-electron chi connectivity index (χ1n) is 5.48. The zero-order chi connectivity index (χ0) is 14.0. The summed E-state index contributed by atoms with van der Waals surface area (Å²) in [6.07, 6.45) is -3.51. The standard InChI is InChI=1S/C11H10ClF3N2OS/c1-2-6-3-7-9(12)16-8(17-10(7)19-6)4-18-5-11(13,14)15/h3H,2,4-5H2,1H3. The van der Waals surface area contributed by atoms with Gasteiger partial charge in [-0.05, 0) is 12.5 Å². The highest BCUT2D eigenvalue weighted by Crippen LogP contribution is 2.29. The summed E-state index contributed by atoms with van der Waals surface area (Å²) in [4.78, 5) is 9.86. The summed E-state index contributed by atoms with van der Waals surface area (Å²) in [6, 6.07) is 1.89. The van der Waals surface area contributed by atoms with Crippen LogP contribution in [0.5, 0.6) is 0 Å². The number of ether oxygens (including phenoxy) is 1. The SMILES string of the molecule is CCc1cc2c(Cl)nc(COCC(F)(F)F)nc2s1. The number of hydrogen-bond donors (Lipinski definition) is 0. The van der Waals surface area contributed by atoms with Crippen molar-refractivity contribution in [3.63, 3.8) is 0 Å². The van der Waals surface area contributed by atoms with E-state index in [-0.39, 0.29) is 17.6 Å². The van der Waals surface area contributed by atoms with Gasteiger partial charge in [-0.15, -0.1) is 11.3 Å². The molecule has 0 aliphatic heterocycles. The molecule has 0 radical (unpaired) electrons. The van der Waals surface area contributed by atoms with Crippen molar-refractivity contribution in [2.24, 2.45) is 0 Å². The van der Waals surface area contributed by atoms with Gasteiger partial charge in [0.15, 0.2) is 5.82 Å². The van der Waals surface area contributed by atoms with Gasteiger partial charge >= 0.3 is 6.18 Å². The predicted molar refractivity (Wildman–Crippen MR) is 67.5 cm³/mol. The minimum Gasteiger partial charge on any atom is -0.364 e. The third-order valence-corrected chi connectivity index (χ3v) is 3.75. The quantitative estimate of drug-likeness (QED) is 0.801. The van der Waals surface area contributed by atoms with Gasteiger partial charge in [0.05, 0.1) is 0 Å². The van der Waals surface area contributed by atoms with Crippen LogP contribution < -0.4 is 0 Å². The molecule has 0 saturated carbocycles. The predicted octanol–water partition coefficient (Wildman–Crippen LogP) is 3.99. The van der Waals surface area contributed by atoms with Crippen molar-refractivity contribution < 1.29 is 17.9 Å². The summed E-state index contributed by atoms with van der Waals surface area (Å²) in [6.45, 7) is 0.366. The van der Waals surface area contributed by atoms with Crippen LogP contribution in [-0.2, 0) is 17.8 Å². The second-order valence-electron chi connectivity index (χ2n) is 3.82. The van der Waals surface area contributed by atoms with Crippen molar-refractivity contribution in [2.75, 3.05) is 6.61 Å². The van der Waals surface area contributed by atoms with Gasteiger partial charge in [0.25, 0.3) is 0 Å². The molecule has 0 atom stereocenters. The lowest BCUT2D eigenvalue weighted by atomic mass is 10.3. The van der Waals surface area contributed by atoms with Gasteiger partial charge in [0.1, 0.15) is 23.2 Å². The van der Waals surface area contributed by atoms with Crippen molar-refractivity contribution in [1.29, 1.82) is 0 Å². The molecule has 0 amide bonds. The molecule has 2 heterocycles. The topological polar surface area (TPSA) is 35.0 Å². The Morgan fingerprint density at radius 3 is 2.74 bits per heavy atom. The Kier molecular flexibility index (Phi) is 4.27. The van der Waals surface area contributed by atoms with Crippen LogP contribution >= 0.6 is 22.9 Å². The van der Waals surface area contributed by atoms with Crippen LogP contribution in [-0.4, -0.2) is 22.8 Å². The van der Waals surface area contributed by atoms with E-state index in [1.54, 1.807) is 0 Å². The molecule has 0 N–H and O–H groups in total. The zero-order valence-electron chi connectivity index (χ0n) is 9.92. The van der Waals surface area contributed by atoms with Gasteiger partial charge in [0.2, 0.25) is 0 Å². The van der Waals surface area contributed by atoms with Gasteiger partial charge in [-0.25, -0.2) is 9.97 Å². The van der Waals surface area contributed by atoms with Gasteiger partial charge in [-0.2, -0.15) is 13.2 Å². The Balaban J connectivity index is 2.16. The molecule has 0 unspecified atom stereocenters. The Bertz CT molecular complexity index is 585. The van der Waals surface area contributed by atoms with E-state index in [4.69, 9.17) is 11.6 Å². The minimum absolute atomic E-state index is 0.159. The van der Waals surface area contributed by atoms with E-state index in [2.05, 4.69) is 14.7 Å². The largest absolute Gasteiger partial charge is 0.411 e. The van der Waals surface area contributed by atoms with E-state index in [0.717, 1.165) is 16.7 Å². The summed E-state index contributed by atoms with van der Waals surface area (Å²) in [5.41, 5.74) is 0. The molecule has 0 fully saturated rings. The van der Waals surface area contributed by atoms with Crippen molar-refractivity contribution in [3.05, 3.63) is 21.9 Å². The van der Waals surface area contributed by atoms with Crippen LogP contribution in [0.25, 0.3) is 10.2 Å². The smallest absolute Gasteiger partial charge is 0.364 e. The molecular weight excluding hydrogens is 301 g/mol. The number of nitrogens with zero attached hydrogens (tertiary/aromatic N) is 2. The van der Waals surface area contributed by atoms with E-state index in [0.29, 0.717) is 4.83 Å². The molecule has 8 heteroatoms. The van der Waals surface area contributed by atoms with Crippen LogP contribution in [0.4, 0.5) is 13.2 Å². The number of fused-ring (bicyclic) bond motifs is 1. The lowest BCUT2D eigenvalue weighted by molar-refractivity contribution is -0.177. The monoisotopic (exact) mass is 310 g/mol. The number of rotatable bonds is 4. The molecule has 0 spiro atoms. The van der Waals surface area contributed by atoms with Crippen molar-refractivity contribution in [1.82, 2.24) is 9.97 Å². The summed E-state index contributed by atoms with van der Waals surface area (Å²) in [5, 5.41) is 0.967. The first-order chi connectivity index (χ1) is 8.89. The fraction of sp³-hybridized carbons (Fsp3) is 0.455. The average Bonchev–Trinajstić information content (AvgIpc) is 2.71. The van der Waals surface area contributed by atoms with E-state index in [1.165, 1.54) is 11.3 Å². The summed E-state index contributed by atoms with van der Waals surface area (Å²) in [5.74, 6) is 0.159. The zero-order valence-corrected chi connectivity index (χ0v) is 11.5. The minimum atomic E-state index is -4.35. The van der Waals surface area contributed by atoms with Crippen LogP contribution in [0.1, 0.15) is 17.6 Å². The number of aryl methyl sites for hydroxylation is 1. The first-order valence-corrected chi connectivity index (χ1v) is 6.68. The van der Waals surface area contributed by atoms with Crippen molar-refractivity contribution in [2.45, 2.75) is 26.1 Å².